The van der Waals surface area contributed by atoms with Crippen molar-refractivity contribution >= 4 is 71.3 Å². The molecule has 0 spiro atoms. The number of esters is 8. The van der Waals surface area contributed by atoms with Crippen LogP contribution in [0, 0.1) is 46.3 Å². The van der Waals surface area contributed by atoms with Crippen molar-refractivity contribution in [1.29, 1.82) is 10.5 Å². The van der Waals surface area contributed by atoms with Crippen LogP contribution >= 0.6 is 23.5 Å². The van der Waals surface area contributed by atoms with E-state index in [4.69, 9.17) is 47.4 Å². The molecule has 0 aromatic heterocycles. The number of nitrogens with zero attached hydrogens (tertiary/aromatic N) is 2. The van der Waals surface area contributed by atoms with Crippen LogP contribution in [0.2, 0.25) is 0 Å². The summed E-state index contributed by atoms with van der Waals surface area (Å²) >= 11 is 2.08. The summed E-state index contributed by atoms with van der Waals surface area (Å²) in [4.78, 5) is 101. The first-order valence-electron chi connectivity index (χ1n) is 24.3. The topological polar surface area (TPSA) is 276 Å². The summed E-state index contributed by atoms with van der Waals surface area (Å²) in [6, 6.07) is 19.0. The molecule has 2 fully saturated rings. The molecule has 2 saturated carbocycles. The van der Waals surface area contributed by atoms with Crippen LogP contribution in [0.25, 0.3) is 0 Å². The summed E-state index contributed by atoms with van der Waals surface area (Å²) in [5, 5.41) is 19.4. The molecule has 22 heteroatoms. The van der Waals surface area contributed by atoms with E-state index in [2.05, 4.69) is 26.3 Å². The Morgan fingerprint density at radius 2 is 0.769 bits per heavy atom. The minimum absolute atomic E-state index is 0.140. The fourth-order valence-corrected chi connectivity index (χ4v) is 10.4. The number of thioether (sulfide) groups is 2. The summed E-state index contributed by atoms with van der Waals surface area (Å²) in [7, 11) is 0. The van der Waals surface area contributed by atoms with E-state index in [-0.39, 0.29) is 55.0 Å². The van der Waals surface area contributed by atoms with Gasteiger partial charge in [-0.3, -0.25) is 19.2 Å². The van der Waals surface area contributed by atoms with Crippen molar-refractivity contribution in [2.75, 3.05) is 26.4 Å². The Labute approximate surface area is 456 Å². The lowest BCUT2D eigenvalue weighted by Crippen LogP contribution is -2.30. The Hall–Kier alpha value is -8.60. The Kier molecular flexibility index (Phi) is 21.9. The van der Waals surface area contributed by atoms with Gasteiger partial charge in [-0.15, -0.1) is 0 Å². The molecule has 1 heterocycles. The normalized spacial score (nSPS) is 17.9. The standard InChI is InChI=1S/C56H52N2O18S2/c1-5-46(59)69-31-42(71-48(61)7-3)29-67-38-17-21-40(22-18-38)73-52(63)33-9-13-35(14-10-33)54(65)75-44-25-26-45(51-50(44)77-56(78-51)37(27-57)28-58)76-55(66)36-15-11-34(12-16-36)53(64)74-41-23-19-39(20-24-41)68-30-43(72-49(62)8-4)32-70-47(60)6-2/h5-8,17-26,33-36,42-43H,1-4,9-16,29-32H2. The van der Waals surface area contributed by atoms with Gasteiger partial charge in [0.05, 0.1) is 37.7 Å². The number of ether oxygens (including phenoxy) is 10. The first-order valence-corrected chi connectivity index (χ1v) is 25.9. The quantitative estimate of drug-likeness (QED) is 0.0269. The van der Waals surface area contributed by atoms with Gasteiger partial charge in [0, 0.05) is 24.3 Å². The Morgan fingerprint density at radius 1 is 0.462 bits per heavy atom. The van der Waals surface area contributed by atoms with Crippen molar-refractivity contribution < 1.29 is 85.7 Å². The van der Waals surface area contributed by atoms with Gasteiger partial charge in [0.1, 0.15) is 78.6 Å². The third-order valence-corrected chi connectivity index (χ3v) is 14.7. The van der Waals surface area contributed by atoms with Gasteiger partial charge >= 0.3 is 47.8 Å². The van der Waals surface area contributed by atoms with E-state index >= 15 is 0 Å². The number of allylic oxidation sites excluding steroid dienone is 1. The predicted octanol–water partition coefficient (Wildman–Crippen LogP) is 8.19. The van der Waals surface area contributed by atoms with E-state index in [9.17, 15) is 48.9 Å². The third kappa shape index (κ3) is 17.0. The van der Waals surface area contributed by atoms with Gasteiger partial charge in [-0.1, -0.05) is 49.8 Å². The van der Waals surface area contributed by atoms with Crippen molar-refractivity contribution in [3.63, 3.8) is 0 Å². The molecule has 3 aromatic rings. The molecule has 78 heavy (non-hydrogen) atoms. The van der Waals surface area contributed by atoms with Crippen LogP contribution in [-0.2, 0) is 57.3 Å². The minimum atomic E-state index is -0.937. The SMILES string of the molecule is C=CC(=O)OCC(COc1ccc(OC(=O)C2CCC(C(=O)Oc3ccc(OC(=O)C4CCC(C(=O)Oc5ccc(OCC(COC(=O)C=C)OC(=O)C=C)cc5)CC4)c4c3SC(=C(C#N)C#N)S4)CC2)cc1)OC(=O)C=C. The van der Waals surface area contributed by atoms with E-state index < -0.39 is 83.6 Å². The van der Waals surface area contributed by atoms with Gasteiger partial charge in [-0.25, -0.2) is 19.2 Å². The number of benzene rings is 3. The zero-order valence-electron chi connectivity index (χ0n) is 41.9. The number of hydrogen-bond donors (Lipinski definition) is 0. The molecule has 3 aliphatic rings. The lowest BCUT2D eigenvalue weighted by molar-refractivity contribution is -0.154. The fourth-order valence-electron chi connectivity index (χ4n) is 7.93. The second-order valence-electron chi connectivity index (χ2n) is 17.4. The zero-order valence-corrected chi connectivity index (χ0v) is 43.6. The molecule has 406 valence electrons. The van der Waals surface area contributed by atoms with E-state index in [0.29, 0.717) is 76.9 Å². The van der Waals surface area contributed by atoms with E-state index in [0.717, 1.165) is 47.8 Å². The number of fused-ring (bicyclic) bond motifs is 1. The second kappa shape index (κ2) is 29.1. The molecule has 2 aliphatic carbocycles. The maximum atomic E-state index is 13.6. The maximum Gasteiger partial charge on any atom is 0.330 e. The Balaban J connectivity index is 0.977. The lowest BCUT2D eigenvalue weighted by atomic mass is 9.82. The van der Waals surface area contributed by atoms with Crippen molar-refractivity contribution in [3.8, 4) is 46.6 Å². The molecular formula is C56H52N2O18S2. The predicted molar refractivity (Wildman–Crippen MR) is 276 cm³/mol. The molecule has 2 unspecified atom stereocenters. The van der Waals surface area contributed by atoms with Gasteiger partial charge in [-0.05, 0) is 112 Å². The van der Waals surface area contributed by atoms with Crippen LogP contribution in [0.15, 0.2) is 131 Å². The zero-order chi connectivity index (χ0) is 56.1. The fraction of sp³-hybridized carbons (Fsp3) is 0.321. The number of carbonyl (C=O) groups excluding carboxylic acids is 8. The molecule has 2 atom stereocenters. The highest BCUT2D eigenvalue weighted by atomic mass is 32.2. The number of carbonyl (C=O) groups is 8. The average Bonchev–Trinajstić information content (AvgIpc) is 4.01. The molecule has 6 rings (SSSR count). The lowest BCUT2D eigenvalue weighted by Gasteiger charge is -2.26. The van der Waals surface area contributed by atoms with Crippen LogP contribution in [0.1, 0.15) is 51.4 Å². The van der Waals surface area contributed by atoms with Gasteiger partial charge < -0.3 is 47.4 Å². The van der Waals surface area contributed by atoms with Crippen LogP contribution in [0.5, 0.6) is 34.5 Å². The van der Waals surface area contributed by atoms with Crippen LogP contribution in [-0.4, -0.2) is 86.4 Å². The molecule has 0 N–H and O–H groups in total. The van der Waals surface area contributed by atoms with Crippen LogP contribution < -0.4 is 28.4 Å². The molecule has 0 amide bonds. The van der Waals surface area contributed by atoms with Crippen molar-refractivity contribution in [2.24, 2.45) is 23.7 Å². The third-order valence-electron chi connectivity index (χ3n) is 12.1. The summed E-state index contributed by atoms with van der Waals surface area (Å²) in [6.07, 6.45) is 4.66. The van der Waals surface area contributed by atoms with Gasteiger partial charge in [0.15, 0.2) is 12.2 Å². The summed E-state index contributed by atoms with van der Waals surface area (Å²) < 4.78 is 55.0. The highest BCUT2D eigenvalue weighted by Crippen LogP contribution is 2.59. The number of nitriles is 2. The smallest absolute Gasteiger partial charge is 0.330 e. The summed E-state index contributed by atoms with van der Waals surface area (Å²) in [5.74, 6) is -5.56. The second-order valence-corrected chi connectivity index (χ2v) is 19.7. The molecule has 0 radical (unpaired) electrons. The van der Waals surface area contributed by atoms with Crippen LogP contribution in [0.3, 0.4) is 0 Å². The van der Waals surface area contributed by atoms with Gasteiger partial charge in [0.25, 0.3) is 0 Å². The van der Waals surface area contributed by atoms with Crippen molar-refractivity contribution in [2.45, 2.75) is 73.4 Å². The van der Waals surface area contributed by atoms with E-state index in [1.54, 1.807) is 24.3 Å². The van der Waals surface area contributed by atoms with Gasteiger partial charge in [-0.2, -0.15) is 10.5 Å². The number of hydrogen-bond acceptors (Lipinski definition) is 22. The van der Waals surface area contributed by atoms with Crippen LogP contribution in [0.4, 0.5) is 0 Å². The average molecular weight is 1110 g/mol. The maximum absolute atomic E-state index is 13.6. The van der Waals surface area contributed by atoms with E-state index in [1.165, 1.54) is 36.4 Å². The molecule has 0 bridgehead atoms. The highest BCUT2D eigenvalue weighted by molar-refractivity contribution is 8.24. The molecule has 3 aromatic carbocycles. The first kappa shape index (κ1) is 58.7. The van der Waals surface area contributed by atoms with Gasteiger partial charge in [0.2, 0.25) is 0 Å². The van der Waals surface area contributed by atoms with Crippen molar-refractivity contribution in [1.82, 2.24) is 0 Å². The largest absolute Gasteiger partial charge is 0.490 e. The molecule has 20 nitrogen and oxygen atoms in total. The Morgan fingerprint density at radius 3 is 1.08 bits per heavy atom. The minimum Gasteiger partial charge on any atom is -0.490 e. The first-order chi connectivity index (χ1) is 37.6. The molecule has 0 saturated heterocycles. The summed E-state index contributed by atoms with van der Waals surface area (Å²) in [5.41, 5.74) is -0.176. The summed E-state index contributed by atoms with van der Waals surface area (Å²) in [6.45, 7) is 12.5. The number of rotatable bonds is 24. The molecule has 1 aliphatic heterocycles. The highest BCUT2D eigenvalue weighted by Gasteiger charge is 2.37. The Bertz CT molecular complexity index is 2710. The monoisotopic (exact) mass is 1100 g/mol. The van der Waals surface area contributed by atoms with E-state index in [1.807, 2.05) is 12.1 Å². The van der Waals surface area contributed by atoms with Crippen molar-refractivity contribution in [3.05, 3.63) is 121 Å². The molecular weight excluding hydrogens is 1050 g/mol.